The van der Waals surface area contributed by atoms with Crippen molar-refractivity contribution in [2.45, 2.75) is 6.18 Å². The average molecular weight is 487 g/mol. The van der Waals surface area contributed by atoms with Crippen LogP contribution in [0.1, 0.15) is 5.56 Å². The summed E-state index contributed by atoms with van der Waals surface area (Å²) in [7, 11) is 0. The molecule has 3 aromatic heterocycles. The lowest BCUT2D eigenvalue weighted by Gasteiger charge is -2.28. The van der Waals surface area contributed by atoms with Gasteiger partial charge in [0.15, 0.2) is 11.6 Å². The van der Waals surface area contributed by atoms with Gasteiger partial charge in [-0.1, -0.05) is 0 Å². The Bertz CT molecular complexity index is 1110. The number of fused-ring (bicyclic) bond motifs is 1. The summed E-state index contributed by atoms with van der Waals surface area (Å²) in [5.41, 5.74) is 4.03. The number of ether oxygens (including phenoxy) is 2. The molecule has 3 aromatic rings. The molecule has 0 atom stereocenters. The number of nitrogens with two attached hydrogens (primary N) is 1. The van der Waals surface area contributed by atoms with Crippen molar-refractivity contribution < 1.29 is 27.4 Å². The Labute approximate surface area is 175 Å². The number of anilines is 1. The Morgan fingerprint density at radius 2 is 2.00 bits per heavy atom. The fourth-order valence-electron chi connectivity index (χ4n) is 3.08. The van der Waals surface area contributed by atoms with Crippen LogP contribution in [0.15, 0.2) is 29.0 Å². The molecule has 0 bridgehead atoms. The second-order valence-corrected chi connectivity index (χ2v) is 7.25. The smallest absolute Gasteiger partial charge is 0.391 e. The Morgan fingerprint density at radius 3 is 2.67 bits per heavy atom. The second kappa shape index (κ2) is 7.72. The molecular weight excluding hydrogens is 473 g/mol. The maximum absolute atomic E-state index is 13.7. The minimum absolute atomic E-state index is 0.183. The third-order valence-corrected chi connectivity index (χ3v) is 4.79. The largest absolute Gasteiger partial charge is 0.417 e. The van der Waals surface area contributed by atoms with Gasteiger partial charge in [0.25, 0.3) is 0 Å². The van der Waals surface area contributed by atoms with Gasteiger partial charge in [-0.25, -0.2) is 19.3 Å². The lowest BCUT2D eigenvalue weighted by molar-refractivity contribution is -0.137. The molecule has 30 heavy (non-hydrogen) atoms. The number of rotatable bonds is 3. The summed E-state index contributed by atoms with van der Waals surface area (Å²) in [6, 6.07) is 2.37. The van der Waals surface area contributed by atoms with Crippen molar-refractivity contribution in [3.63, 3.8) is 0 Å². The molecule has 2 N–H and O–H groups in total. The zero-order valence-electron chi connectivity index (χ0n) is 15.2. The van der Waals surface area contributed by atoms with Crippen LogP contribution in [0.25, 0.3) is 16.9 Å². The Hall–Kier alpha value is -2.93. The highest BCUT2D eigenvalue weighted by Gasteiger charge is 2.36. The highest BCUT2D eigenvalue weighted by Crippen LogP contribution is 2.38. The summed E-state index contributed by atoms with van der Waals surface area (Å²) in [6.45, 7) is 2.01. The molecule has 0 unspecified atom stereocenters. The molecule has 0 saturated carbocycles. The molecule has 0 spiro atoms. The van der Waals surface area contributed by atoms with Crippen LogP contribution in [0.4, 0.5) is 23.8 Å². The van der Waals surface area contributed by atoms with Gasteiger partial charge in [0.1, 0.15) is 5.52 Å². The number of amides is 1. The molecule has 1 aliphatic heterocycles. The summed E-state index contributed by atoms with van der Waals surface area (Å²) in [5.74, 6) is -0.283. The first-order chi connectivity index (χ1) is 14.2. The Morgan fingerprint density at radius 1 is 1.27 bits per heavy atom. The number of carbonyl (C=O) groups is 1. The van der Waals surface area contributed by atoms with Gasteiger partial charge in [-0.15, -0.1) is 5.10 Å². The normalized spacial score (nSPS) is 14.9. The van der Waals surface area contributed by atoms with Crippen molar-refractivity contribution in [2.75, 3.05) is 31.2 Å². The number of halogens is 4. The van der Waals surface area contributed by atoms with Crippen molar-refractivity contribution in [3.8, 4) is 17.3 Å². The predicted octanol–water partition coefficient (Wildman–Crippen LogP) is 2.87. The third-order valence-electron chi connectivity index (χ3n) is 4.35. The summed E-state index contributed by atoms with van der Waals surface area (Å²) in [4.78, 5) is 21.0. The maximum atomic E-state index is 13.7. The van der Waals surface area contributed by atoms with E-state index < -0.39 is 23.7 Å². The van der Waals surface area contributed by atoms with Crippen molar-refractivity contribution in [2.24, 2.45) is 5.73 Å². The molecule has 4 heterocycles. The fourth-order valence-corrected chi connectivity index (χ4v) is 3.49. The highest BCUT2D eigenvalue weighted by atomic mass is 79.9. The van der Waals surface area contributed by atoms with E-state index in [-0.39, 0.29) is 11.4 Å². The van der Waals surface area contributed by atoms with Crippen molar-refractivity contribution >= 4 is 33.4 Å². The number of hydrogen-bond acceptors (Lipinski definition) is 7. The lowest BCUT2D eigenvalue weighted by atomic mass is 10.1. The monoisotopic (exact) mass is 486 g/mol. The minimum Gasteiger partial charge on any atom is -0.391 e. The molecule has 0 aromatic carbocycles. The van der Waals surface area contributed by atoms with E-state index in [1.165, 1.54) is 4.52 Å². The summed E-state index contributed by atoms with van der Waals surface area (Å²) in [5, 5.41) is 4.23. The van der Waals surface area contributed by atoms with E-state index >= 15 is 0 Å². The summed E-state index contributed by atoms with van der Waals surface area (Å²) in [6.07, 6.45) is -3.52. The van der Waals surface area contributed by atoms with Gasteiger partial charge in [-0.2, -0.15) is 13.2 Å². The molecule has 1 saturated heterocycles. The standard InChI is InChI=1S/C17H14BrF3N6O3/c18-9-5-12-15(26-1-3-29-4-2-26)24-14(25-27(12)8-9)10-7-23-13(30-16(22)28)6-11(10)17(19,20)21/h5-8H,1-4H2,(H2,22,28). The molecule has 13 heteroatoms. The molecule has 1 amide bonds. The fraction of sp³-hybridized carbons (Fsp3) is 0.294. The van der Waals surface area contributed by atoms with Gasteiger partial charge < -0.3 is 20.1 Å². The zero-order chi connectivity index (χ0) is 21.5. The van der Waals surface area contributed by atoms with E-state index in [1.54, 1.807) is 12.3 Å². The van der Waals surface area contributed by atoms with Crippen LogP contribution < -0.4 is 15.4 Å². The molecule has 1 aliphatic rings. The number of primary amides is 1. The highest BCUT2D eigenvalue weighted by molar-refractivity contribution is 9.10. The van der Waals surface area contributed by atoms with E-state index in [0.29, 0.717) is 48.2 Å². The Balaban J connectivity index is 1.89. The van der Waals surface area contributed by atoms with Crippen LogP contribution in [-0.2, 0) is 10.9 Å². The van der Waals surface area contributed by atoms with Crippen LogP contribution in [0.3, 0.4) is 0 Å². The lowest BCUT2D eigenvalue weighted by Crippen LogP contribution is -2.37. The predicted molar refractivity (Wildman–Crippen MR) is 102 cm³/mol. The SMILES string of the molecule is NC(=O)Oc1cc(C(F)(F)F)c(-c2nc(N3CCOCC3)c3cc(Br)cn3n2)cn1. The summed E-state index contributed by atoms with van der Waals surface area (Å²) < 4.78 is 53.2. The molecule has 9 nitrogen and oxygen atoms in total. The number of hydrogen-bond donors (Lipinski definition) is 1. The van der Waals surface area contributed by atoms with Crippen molar-refractivity contribution in [3.05, 3.63) is 34.6 Å². The van der Waals surface area contributed by atoms with Crippen LogP contribution in [-0.4, -0.2) is 52.0 Å². The first-order valence-corrected chi connectivity index (χ1v) is 9.45. The molecule has 158 valence electrons. The van der Waals surface area contributed by atoms with Gasteiger partial charge in [-0.3, -0.25) is 0 Å². The molecule has 1 fully saturated rings. The van der Waals surface area contributed by atoms with Crippen LogP contribution >= 0.6 is 15.9 Å². The van der Waals surface area contributed by atoms with Crippen molar-refractivity contribution in [1.82, 2.24) is 19.6 Å². The molecule has 0 radical (unpaired) electrons. The van der Waals surface area contributed by atoms with Crippen LogP contribution in [0.2, 0.25) is 0 Å². The number of carbonyl (C=O) groups excluding carboxylic acids is 1. The van der Waals surface area contributed by atoms with Gasteiger partial charge in [0.2, 0.25) is 5.88 Å². The average Bonchev–Trinajstić information content (AvgIpc) is 3.07. The number of morpholine rings is 1. The van der Waals surface area contributed by atoms with E-state index in [2.05, 4.69) is 35.7 Å². The number of alkyl halides is 3. The van der Waals surface area contributed by atoms with Crippen LogP contribution in [0, 0.1) is 0 Å². The molecule has 0 aliphatic carbocycles. The molecular formula is C17H14BrF3N6O3. The summed E-state index contributed by atoms with van der Waals surface area (Å²) >= 11 is 3.36. The minimum atomic E-state index is -4.78. The second-order valence-electron chi connectivity index (χ2n) is 6.33. The number of nitrogens with zero attached hydrogens (tertiary/aromatic N) is 5. The van der Waals surface area contributed by atoms with Gasteiger partial charge in [-0.05, 0) is 22.0 Å². The van der Waals surface area contributed by atoms with Crippen molar-refractivity contribution in [1.29, 1.82) is 0 Å². The quantitative estimate of drug-likeness (QED) is 0.606. The maximum Gasteiger partial charge on any atom is 0.417 e. The van der Waals surface area contributed by atoms with E-state index in [9.17, 15) is 18.0 Å². The first kappa shape index (κ1) is 20.3. The van der Waals surface area contributed by atoms with Crippen LogP contribution in [0.5, 0.6) is 5.88 Å². The molecule has 4 rings (SSSR count). The Kier molecular flexibility index (Phi) is 5.24. The third kappa shape index (κ3) is 4.03. The zero-order valence-corrected chi connectivity index (χ0v) is 16.8. The van der Waals surface area contributed by atoms with Gasteiger partial charge >= 0.3 is 12.3 Å². The first-order valence-electron chi connectivity index (χ1n) is 8.66. The van der Waals surface area contributed by atoms with E-state index in [4.69, 9.17) is 10.5 Å². The van der Waals surface area contributed by atoms with E-state index in [1.807, 2.05) is 4.90 Å². The van der Waals surface area contributed by atoms with Gasteiger partial charge in [0.05, 0.1) is 24.3 Å². The number of pyridine rings is 1. The number of aromatic nitrogens is 4. The van der Waals surface area contributed by atoms with Gasteiger partial charge in [0, 0.05) is 36.0 Å². The topological polar surface area (TPSA) is 108 Å². The van der Waals surface area contributed by atoms with E-state index in [0.717, 1.165) is 6.20 Å².